The average molecular weight is 408 g/mol. The Labute approximate surface area is 177 Å². The molecule has 4 nitrogen and oxygen atoms in total. The summed E-state index contributed by atoms with van der Waals surface area (Å²) < 4.78 is 4.25. The maximum Gasteiger partial charge on any atom is 0.157 e. The maximum absolute atomic E-state index is 6.26. The normalized spacial score (nSPS) is 19.4. The molecule has 1 atom stereocenters. The highest BCUT2D eigenvalue weighted by Gasteiger charge is 2.37. The molecule has 5 heteroatoms. The van der Waals surface area contributed by atoms with Gasteiger partial charge in [0.1, 0.15) is 5.16 Å². The van der Waals surface area contributed by atoms with E-state index in [0.29, 0.717) is 11.2 Å². The van der Waals surface area contributed by atoms with Gasteiger partial charge in [0.2, 0.25) is 0 Å². The third kappa shape index (κ3) is 7.48. The molecule has 0 amide bonds. The lowest BCUT2D eigenvalue weighted by atomic mass is 10.1. The molecule has 0 N–H and O–H groups in total. The monoisotopic (exact) mass is 407 g/mol. The summed E-state index contributed by atoms with van der Waals surface area (Å²) >= 11 is 6.26. The van der Waals surface area contributed by atoms with E-state index in [-0.39, 0.29) is 0 Å². The van der Waals surface area contributed by atoms with Gasteiger partial charge < -0.3 is 14.5 Å². The number of methoxy groups -OCH3 is 1. The highest BCUT2D eigenvalue weighted by molar-refractivity contribution is 6.30. The Morgan fingerprint density at radius 3 is 2.32 bits per heavy atom. The number of halogens is 1. The number of hydrogen-bond donors (Lipinski definition) is 0. The molecular weight excluding hydrogens is 370 g/mol. The van der Waals surface area contributed by atoms with Crippen molar-refractivity contribution in [1.29, 1.82) is 0 Å². The molecule has 0 spiro atoms. The van der Waals surface area contributed by atoms with E-state index >= 15 is 0 Å². The molecule has 3 aliphatic rings. The standard InChI is InChI=1S/C16H22ClN3.C5H10.C2H6O/c1-4-14(13-5-6-13)20-10-15(17)18-16(12(20)3)19-8-7-11(2)9-19;1-4-5(2)3;1-3-2/h9-10,13-14H,3-8H2,1-2H3;4H,1-3H3;1-2H3. The minimum Gasteiger partial charge on any atom is -0.388 e. The van der Waals surface area contributed by atoms with Crippen molar-refractivity contribution < 1.29 is 4.74 Å². The van der Waals surface area contributed by atoms with Crippen molar-refractivity contribution in [2.75, 3.05) is 20.8 Å². The largest absolute Gasteiger partial charge is 0.388 e. The highest BCUT2D eigenvalue weighted by Crippen LogP contribution is 2.40. The second-order valence-electron chi connectivity index (χ2n) is 7.75. The van der Waals surface area contributed by atoms with Crippen LogP contribution in [0.5, 0.6) is 0 Å². The maximum atomic E-state index is 6.26. The van der Waals surface area contributed by atoms with Crippen LogP contribution < -0.4 is 0 Å². The van der Waals surface area contributed by atoms with E-state index in [0.717, 1.165) is 36.8 Å². The van der Waals surface area contributed by atoms with Gasteiger partial charge in [-0.1, -0.05) is 42.3 Å². The smallest absolute Gasteiger partial charge is 0.157 e. The van der Waals surface area contributed by atoms with Crippen molar-refractivity contribution in [3.8, 4) is 0 Å². The summed E-state index contributed by atoms with van der Waals surface area (Å²) in [5, 5.41) is 0.560. The SMILES string of the molecule is C=C1C(N2C=C(C)CC2)=NC(Cl)=CN1C(CC)C1CC1.CC=C(C)C.COC. The Bertz CT molecular complexity index is 640. The molecule has 0 aromatic rings. The molecule has 2 heterocycles. The molecular formula is C23H38ClN3O. The second kappa shape index (κ2) is 12.1. The van der Waals surface area contributed by atoms with E-state index in [9.17, 15) is 0 Å². The Balaban J connectivity index is 0.000000421. The van der Waals surface area contributed by atoms with Gasteiger partial charge in [-0.15, -0.1) is 0 Å². The fourth-order valence-corrected chi connectivity index (χ4v) is 3.31. The van der Waals surface area contributed by atoms with Crippen molar-refractivity contribution in [2.24, 2.45) is 10.9 Å². The predicted molar refractivity (Wildman–Crippen MR) is 122 cm³/mol. The summed E-state index contributed by atoms with van der Waals surface area (Å²) in [6.07, 6.45) is 11.0. The van der Waals surface area contributed by atoms with Crippen LogP contribution in [0.3, 0.4) is 0 Å². The van der Waals surface area contributed by atoms with Gasteiger partial charge in [0.25, 0.3) is 0 Å². The van der Waals surface area contributed by atoms with Gasteiger partial charge in [-0.3, -0.25) is 0 Å². The van der Waals surface area contributed by atoms with E-state index in [2.05, 4.69) is 66.1 Å². The lowest BCUT2D eigenvalue weighted by molar-refractivity contribution is 0.277. The fourth-order valence-electron chi connectivity index (χ4n) is 3.13. The lowest BCUT2D eigenvalue weighted by Crippen LogP contribution is -2.40. The number of aliphatic imine (C=N–C) groups is 1. The number of rotatable bonds is 3. The van der Waals surface area contributed by atoms with E-state index in [1.54, 1.807) is 14.2 Å². The topological polar surface area (TPSA) is 28.1 Å². The zero-order valence-corrected chi connectivity index (χ0v) is 19.5. The van der Waals surface area contributed by atoms with Crippen molar-refractivity contribution in [3.05, 3.63) is 47.1 Å². The number of allylic oxidation sites excluding steroid dienone is 2. The Kier molecular flexibility index (Phi) is 10.6. The van der Waals surface area contributed by atoms with E-state index < -0.39 is 0 Å². The van der Waals surface area contributed by atoms with Crippen LogP contribution in [0.1, 0.15) is 60.3 Å². The molecule has 1 fully saturated rings. The average Bonchev–Trinajstić information content (AvgIpc) is 3.39. The van der Waals surface area contributed by atoms with Gasteiger partial charge in [0.15, 0.2) is 5.84 Å². The second-order valence-corrected chi connectivity index (χ2v) is 8.13. The van der Waals surface area contributed by atoms with Crippen LogP contribution in [0.2, 0.25) is 0 Å². The minimum atomic E-state index is 0.509. The van der Waals surface area contributed by atoms with Crippen molar-refractivity contribution in [3.63, 3.8) is 0 Å². The summed E-state index contributed by atoms with van der Waals surface area (Å²) in [7, 11) is 3.25. The van der Waals surface area contributed by atoms with Crippen LogP contribution in [0.25, 0.3) is 0 Å². The van der Waals surface area contributed by atoms with Gasteiger partial charge >= 0.3 is 0 Å². The number of amidine groups is 1. The van der Waals surface area contributed by atoms with Crippen LogP contribution >= 0.6 is 11.6 Å². The zero-order valence-electron chi connectivity index (χ0n) is 18.8. The molecule has 0 saturated heterocycles. The molecule has 3 rings (SSSR count). The predicted octanol–water partition coefficient (Wildman–Crippen LogP) is 6.29. The van der Waals surface area contributed by atoms with Crippen LogP contribution in [0, 0.1) is 5.92 Å². The van der Waals surface area contributed by atoms with Gasteiger partial charge in [-0.2, -0.15) is 0 Å². The van der Waals surface area contributed by atoms with Gasteiger partial charge in [-0.25, -0.2) is 4.99 Å². The summed E-state index contributed by atoms with van der Waals surface area (Å²) in [5.41, 5.74) is 3.75. The lowest BCUT2D eigenvalue weighted by Gasteiger charge is -2.36. The molecule has 1 saturated carbocycles. The highest BCUT2D eigenvalue weighted by atomic mass is 35.5. The molecule has 0 aromatic heterocycles. The third-order valence-electron chi connectivity index (χ3n) is 4.94. The molecule has 28 heavy (non-hydrogen) atoms. The summed E-state index contributed by atoms with van der Waals surface area (Å²) in [5.74, 6) is 1.70. The first-order valence-corrected chi connectivity index (χ1v) is 10.5. The zero-order chi connectivity index (χ0) is 21.3. The third-order valence-corrected chi connectivity index (χ3v) is 5.12. The molecule has 1 aliphatic carbocycles. The molecule has 2 aliphatic heterocycles. The summed E-state index contributed by atoms with van der Waals surface area (Å²) in [6, 6.07) is 0.509. The quantitative estimate of drug-likeness (QED) is 0.406. The molecule has 0 aromatic carbocycles. The summed E-state index contributed by atoms with van der Waals surface area (Å²) in [4.78, 5) is 8.94. The van der Waals surface area contributed by atoms with Gasteiger partial charge in [0, 0.05) is 39.2 Å². The van der Waals surface area contributed by atoms with Crippen molar-refractivity contribution >= 4 is 17.4 Å². The Hall–Kier alpha value is -1.52. The van der Waals surface area contributed by atoms with Crippen molar-refractivity contribution in [1.82, 2.24) is 9.80 Å². The van der Waals surface area contributed by atoms with E-state index in [1.807, 2.05) is 13.1 Å². The van der Waals surface area contributed by atoms with Gasteiger partial charge in [-0.05, 0) is 59.3 Å². The van der Waals surface area contributed by atoms with Crippen LogP contribution in [0.4, 0.5) is 0 Å². The molecule has 0 bridgehead atoms. The first kappa shape index (κ1) is 24.5. The van der Waals surface area contributed by atoms with Gasteiger partial charge in [0.05, 0.1) is 5.70 Å². The number of hydrogen-bond acceptors (Lipinski definition) is 4. The Morgan fingerprint density at radius 1 is 1.36 bits per heavy atom. The van der Waals surface area contributed by atoms with E-state index in [4.69, 9.17) is 11.6 Å². The minimum absolute atomic E-state index is 0.509. The molecule has 1 unspecified atom stereocenters. The first-order chi connectivity index (χ1) is 13.3. The van der Waals surface area contributed by atoms with Crippen LogP contribution in [-0.4, -0.2) is 42.4 Å². The van der Waals surface area contributed by atoms with Crippen molar-refractivity contribution in [2.45, 2.75) is 66.3 Å². The number of nitrogens with zero attached hydrogens (tertiary/aromatic N) is 3. The molecule has 158 valence electrons. The van der Waals surface area contributed by atoms with Crippen LogP contribution in [0.15, 0.2) is 52.0 Å². The first-order valence-electron chi connectivity index (χ1n) is 10.2. The summed E-state index contributed by atoms with van der Waals surface area (Å²) in [6.45, 7) is 15.9. The number of ether oxygens (including phenoxy) is 1. The Morgan fingerprint density at radius 2 is 1.93 bits per heavy atom. The fraction of sp³-hybridized carbons (Fsp3) is 0.609. The van der Waals surface area contributed by atoms with E-state index in [1.165, 1.54) is 24.0 Å². The molecule has 0 radical (unpaired) electrons. The van der Waals surface area contributed by atoms with Crippen LogP contribution in [-0.2, 0) is 4.74 Å².